The van der Waals surface area contributed by atoms with E-state index in [0.717, 1.165) is 19.1 Å². The third-order valence-corrected chi connectivity index (χ3v) is 4.64. The predicted molar refractivity (Wildman–Crippen MR) is 91.6 cm³/mol. The van der Waals surface area contributed by atoms with E-state index < -0.39 is 0 Å². The number of piperidine rings is 1. The molecule has 0 saturated carbocycles. The highest BCUT2D eigenvalue weighted by molar-refractivity contribution is 5.20. The Hall–Kier alpha value is -0.860. The lowest BCUT2D eigenvalue weighted by Crippen LogP contribution is -2.45. The van der Waals surface area contributed by atoms with Crippen molar-refractivity contribution in [3.8, 4) is 0 Å². The first-order valence-electron chi connectivity index (χ1n) is 8.88. The van der Waals surface area contributed by atoms with E-state index in [9.17, 15) is 0 Å². The molecule has 21 heavy (non-hydrogen) atoms. The maximum Gasteiger partial charge on any atom is 0.0475 e. The number of nitrogens with one attached hydrogen (secondary N) is 1. The lowest BCUT2D eigenvalue weighted by molar-refractivity contribution is 0.0868. The Balaban J connectivity index is 2.12. The van der Waals surface area contributed by atoms with E-state index in [1.165, 1.54) is 50.6 Å². The highest BCUT2D eigenvalue weighted by Gasteiger charge is 2.28. The van der Waals surface area contributed by atoms with Gasteiger partial charge in [0.05, 0.1) is 0 Å². The molecule has 0 radical (unpaired) electrons. The second-order valence-corrected chi connectivity index (χ2v) is 6.31. The number of benzene rings is 1. The fourth-order valence-electron chi connectivity index (χ4n) is 3.59. The first-order valence-corrected chi connectivity index (χ1v) is 8.88. The molecular weight excluding hydrogens is 256 g/mol. The van der Waals surface area contributed by atoms with Crippen LogP contribution in [0.3, 0.4) is 0 Å². The smallest absolute Gasteiger partial charge is 0.0475 e. The normalized spacial score (nSPS) is 21.3. The molecule has 1 aromatic carbocycles. The van der Waals surface area contributed by atoms with Crippen LogP contribution in [0.5, 0.6) is 0 Å². The molecule has 1 aliphatic heterocycles. The second kappa shape index (κ2) is 9.22. The van der Waals surface area contributed by atoms with Gasteiger partial charge in [0.15, 0.2) is 0 Å². The Labute approximate surface area is 130 Å². The van der Waals surface area contributed by atoms with Gasteiger partial charge in [0.2, 0.25) is 0 Å². The topological polar surface area (TPSA) is 15.3 Å². The molecule has 1 aliphatic rings. The molecule has 0 aromatic heterocycles. The monoisotopic (exact) mass is 288 g/mol. The fraction of sp³-hybridized carbons (Fsp3) is 0.684. The molecule has 2 heteroatoms. The molecule has 2 nitrogen and oxygen atoms in total. The van der Waals surface area contributed by atoms with Crippen molar-refractivity contribution in [2.24, 2.45) is 0 Å². The van der Waals surface area contributed by atoms with Gasteiger partial charge in [-0.05, 0) is 44.3 Å². The molecule has 1 N–H and O–H groups in total. The standard InChI is InChI=1S/C19H32N2/c1-3-10-18-13-8-9-15-21(18)19(16-20-14-4-2)17-11-6-5-7-12-17/h5-7,11-12,18-20H,3-4,8-10,13-16H2,1-2H3. The first-order chi connectivity index (χ1) is 10.4. The Bertz CT molecular complexity index is 374. The zero-order valence-electron chi connectivity index (χ0n) is 13.9. The maximum absolute atomic E-state index is 3.65. The average molecular weight is 288 g/mol. The fourth-order valence-corrected chi connectivity index (χ4v) is 3.59. The zero-order chi connectivity index (χ0) is 14.9. The van der Waals surface area contributed by atoms with Crippen LogP contribution in [0.4, 0.5) is 0 Å². The van der Waals surface area contributed by atoms with Crippen molar-refractivity contribution in [1.82, 2.24) is 10.2 Å². The molecule has 1 heterocycles. The van der Waals surface area contributed by atoms with Crippen molar-refractivity contribution in [3.05, 3.63) is 35.9 Å². The summed E-state index contributed by atoms with van der Waals surface area (Å²) in [6.07, 6.45) is 8.00. The second-order valence-electron chi connectivity index (χ2n) is 6.31. The largest absolute Gasteiger partial charge is 0.315 e. The van der Waals surface area contributed by atoms with Crippen LogP contribution in [0.25, 0.3) is 0 Å². The van der Waals surface area contributed by atoms with Crippen LogP contribution in [-0.2, 0) is 0 Å². The van der Waals surface area contributed by atoms with Crippen LogP contribution in [0.2, 0.25) is 0 Å². The summed E-state index contributed by atoms with van der Waals surface area (Å²) in [7, 11) is 0. The molecule has 118 valence electrons. The van der Waals surface area contributed by atoms with Gasteiger partial charge >= 0.3 is 0 Å². The third kappa shape index (κ3) is 4.82. The SMILES string of the molecule is CCCNCC(c1ccccc1)N1CCCCC1CCC. The number of rotatable bonds is 8. The van der Waals surface area contributed by atoms with Gasteiger partial charge in [-0.2, -0.15) is 0 Å². The van der Waals surface area contributed by atoms with E-state index >= 15 is 0 Å². The van der Waals surface area contributed by atoms with Crippen LogP contribution in [0.1, 0.15) is 64.0 Å². The molecule has 0 amide bonds. The van der Waals surface area contributed by atoms with E-state index in [2.05, 4.69) is 54.4 Å². The van der Waals surface area contributed by atoms with Crippen molar-refractivity contribution >= 4 is 0 Å². The molecule has 2 rings (SSSR count). The Morgan fingerprint density at radius 3 is 2.67 bits per heavy atom. The molecule has 0 aliphatic carbocycles. The summed E-state index contributed by atoms with van der Waals surface area (Å²) in [4.78, 5) is 2.78. The number of likely N-dealkylation sites (tertiary alicyclic amines) is 1. The van der Waals surface area contributed by atoms with Gasteiger partial charge in [0.25, 0.3) is 0 Å². The van der Waals surface area contributed by atoms with Crippen LogP contribution in [-0.4, -0.2) is 30.6 Å². The van der Waals surface area contributed by atoms with Crippen molar-refractivity contribution < 1.29 is 0 Å². The average Bonchev–Trinajstić information content (AvgIpc) is 2.54. The minimum atomic E-state index is 0.537. The molecule has 1 aromatic rings. The minimum Gasteiger partial charge on any atom is -0.315 e. The number of hydrogen-bond acceptors (Lipinski definition) is 2. The van der Waals surface area contributed by atoms with E-state index in [4.69, 9.17) is 0 Å². The van der Waals surface area contributed by atoms with Crippen LogP contribution in [0, 0.1) is 0 Å². The minimum absolute atomic E-state index is 0.537. The molecule has 2 unspecified atom stereocenters. The van der Waals surface area contributed by atoms with Crippen molar-refractivity contribution in [1.29, 1.82) is 0 Å². The van der Waals surface area contributed by atoms with Crippen LogP contribution >= 0.6 is 0 Å². The molecule has 1 saturated heterocycles. The molecule has 0 spiro atoms. The van der Waals surface area contributed by atoms with Crippen molar-refractivity contribution in [3.63, 3.8) is 0 Å². The van der Waals surface area contributed by atoms with Crippen molar-refractivity contribution in [2.45, 2.75) is 64.5 Å². The molecule has 1 fully saturated rings. The van der Waals surface area contributed by atoms with E-state index in [1.807, 2.05) is 0 Å². The summed E-state index contributed by atoms with van der Waals surface area (Å²) in [5, 5.41) is 3.65. The van der Waals surface area contributed by atoms with Gasteiger partial charge in [-0.1, -0.05) is 57.0 Å². The Morgan fingerprint density at radius 1 is 1.14 bits per heavy atom. The van der Waals surface area contributed by atoms with Crippen LogP contribution in [0.15, 0.2) is 30.3 Å². The summed E-state index contributed by atoms with van der Waals surface area (Å²) in [5.41, 5.74) is 1.48. The lowest BCUT2D eigenvalue weighted by Gasteiger charge is -2.42. The molecular formula is C19H32N2. The highest BCUT2D eigenvalue weighted by Crippen LogP contribution is 2.30. The summed E-state index contributed by atoms with van der Waals surface area (Å²) < 4.78 is 0. The molecule has 0 bridgehead atoms. The quantitative estimate of drug-likeness (QED) is 0.714. The van der Waals surface area contributed by atoms with Gasteiger partial charge in [0, 0.05) is 18.6 Å². The third-order valence-electron chi connectivity index (χ3n) is 4.64. The number of hydrogen-bond donors (Lipinski definition) is 1. The number of nitrogens with zero attached hydrogens (tertiary/aromatic N) is 1. The van der Waals surface area contributed by atoms with Gasteiger partial charge in [-0.15, -0.1) is 0 Å². The van der Waals surface area contributed by atoms with E-state index in [0.29, 0.717) is 6.04 Å². The zero-order valence-corrected chi connectivity index (χ0v) is 13.9. The summed E-state index contributed by atoms with van der Waals surface area (Å²) >= 11 is 0. The van der Waals surface area contributed by atoms with Gasteiger partial charge in [0.1, 0.15) is 0 Å². The summed E-state index contributed by atoms with van der Waals surface area (Å²) in [5.74, 6) is 0. The van der Waals surface area contributed by atoms with Gasteiger partial charge in [-0.25, -0.2) is 0 Å². The Morgan fingerprint density at radius 2 is 1.95 bits per heavy atom. The molecule has 2 atom stereocenters. The van der Waals surface area contributed by atoms with Gasteiger partial charge < -0.3 is 5.32 Å². The van der Waals surface area contributed by atoms with Crippen LogP contribution < -0.4 is 5.32 Å². The predicted octanol–water partition coefficient (Wildman–Crippen LogP) is 4.38. The lowest BCUT2D eigenvalue weighted by atomic mass is 9.93. The maximum atomic E-state index is 3.65. The highest BCUT2D eigenvalue weighted by atomic mass is 15.2. The first kappa shape index (κ1) is 16.5. The van der Waals surface area contributed by atoms with E-state index in [1.54, 1.807) is 0 Å². The summed E-state index contributed by atoms with van der Waals surface area (Å²) in [6.45, 7) is 8.02. The van der Waals surface area contributed by atoms with Gasteiger partial charge in [-0.3, -0.25) is 4.90 Å². The van der Waals surface area contributed by atoms with E-state index in [-0.39, 0.29) is 0 Å². The summed E-state index contributed by atoms with van der Waals surface area (Å²) in [6, 6.07) is 12.4. The van der Waals surface area contributed by atoms with Crippen molar-refractivity contribution in [2.75, 3.05) is 19.6 Å². The Kier molecular flexibility index (Phi) is 7.25.